The summed E-state index contributed by atoms with van der Waals surface area (Å²) >= 11 is 0. The van der Waals surface area contributed by atoms with Gasteiger partial charge in [-0.05, 0) is 61.9 Å². The molecule has 5 heteroatoms. The van der Waals surface area contributed by atoms with Crippen molar-refractivity contribution in [1.82, 2.24) is 0 Å². The van der Waals surface area contributed by atoms with Crippen LogP contribution in [0.3, 0.4) is 0 Å². The Morgan fingerprint density at radius 1 is 0.132 bits per heavy atom. The quantitative estimate of drug-likeness (QED) is 0.168. The Kier molecular flexibility index (Phi) is 25.3. The van der Waals surface area contributed by atoms with Crippen LogP contribution < -0.4 is 0 Å². The fourth-order valence-corrected chi connectivity index (χ4v) is 36.2. The molecule has 0 bridgehead atoms. The van der Waals surface area contributed by atoms with Gasteiger partial charge in [0.05, 0.1) is 0 Å². The van der Waals surface area contributed by atoms with Crippen LogP contribution in [0.5, 0.6) is 0 Å². The molecule has 0 aromatic heterocycles. The van der Waals surface area contributed by atoms with Gasteiger partial charge in [-0.25, -0.2) is 0 Å². The van der Waals surface area contributed by atoms with Crippen LogP contribution in [-0.4, -0.2) is 61.9 Å². The van der Waals surface area contributed by atoms with Gasteiger partial charge < -0.3 is 0 Å². The summed E-state index contributed by atoms with van der Waals surface area (Å²) < 4.78 is 0. The minimum Gasteiger partial charge on any atom is -0.0901 e. The molecule has 0 amide bonds. The van der Waals surface area contributed by atoms with Crippen molar-refractivity contribution in [2.45, 2.75) is 311 Å². The molecule has 0 aromatic carbocycles. The van der Waals surface area contributed by atoms with E-state index in [0.29, 0.717) is 61.9 Å². The molecule has 0 rings (SSSR count). The maximum Gasteiger partial charge on any atom is 2.00 e. The molecule has 0 saturated carbocycles. The molecule has 0 aliphatic heterocycles. The van der Waals surface area contributed by atoms with Crippen LogP contribution in [0.25, 0.3) is 0 Å². The average molecular weight is 916 g/mol. The third-order valence-corrected chi connectivity index (χ3v) is 24.1. The van der Waals surface area contributed by atoms with Gasteiger partial charge in [0.25, 0.3) is 0 Å². The molecule has 0 spiro atoms. The molecule has 0 atom stereocenters. The fraction of sp³-hybridized carbons (Fsp3) is 1.00. The molecule has 0 heterocycles. The Bertz CT molecular complexity index is 686. The van der Waals surface area contributed by atoms with Gasteiger partial charge in [-0.15, -0.1) is 0 Å². The summed E-state index contributed by atoms with van der Waals surface area (Å²) in [5, 5.41) is 5.40. The van der Waals surface area contributed by atoms with Gasteiger partial charge in [-0.1, -0.05) is 281 Å². The Morgan fingerprint density at radius 2 is 0.170 bits per heavy atom. The van der Waals surface area contributed by atoms with Gasteiger partial charge in [0.2, 0.25) is 0 Å². The molecule has 0 nitrogen and oxygen atoms in total. The first-order valence-electron chi connectivity index (χ1n) is 20.7. The summed E-state index contributed by atoms with van der Waals surface area (Å²) in [6, 6.07) is 0. The molecule has 0 radical (unpaired) electrons. The van der Waals surface area contributed by atoms with Crippen molar-refractivity contribution in [2.75, 3.05) is 0 Å². The second kappa shape index (κ2) is 20.8. The van der Waals surface area contributed by atoms with E-state index in [9.17, 15) is 0 Å². The zero-order valence-electron chi connectivity index (χ0n) is 44.1. The zero-order chi connectivity index (χ0) is 44.3. The first-order valence-corrected chi connectivity index (χ1v) is 26.0. The Hall–Kier alpha value is 2.38. The van der Waals surface area contributed by atoms with Crippen molar-refractivity contribution in [3.05, 3.63) is 0 Å². The minimum absolute atomic E-state index is 0. The standard InChI is InChI=1S/4C12H27P.Pd/c4*1-10(2,3)13(11(4,5)6)12(7,8)9;/h4*1-9H3;/q;;;;+2. The Balaban J connectivity index is -0.000000192. The Labute approximate surface area is 361 Å². The molecule has 328 valence electrons. The fourth-order valence-electron chi connectivity index (χ4n) is 12.1. The SMILES string of the molecule is CC(C)(C)P(C(C)(C)C)C(C)(C)C.CC(C)(C)P(C(C)(C)C)C(C)(C)C.CC(C)(C)P(C(C)(C)C)C(C)(C)C.CC(C)(C)P(C(C)(C)C)C(C)(C)C.[Pd+2]. The van der Waals surface area contributed by atoms with E-state index in [1.165, 1.54) is 0 Å². The van der Waals surface area contributed by atoms with E-state index in [2.05, 4.69) is 249 Å². The van der Waals surface area contributed by atoms with Crippen LogP contribution in [0, 0.1) is 0 Å². The number of rotatable bonds is 0. The van der Waals surface area contributed by atoms with Gasteiger partial charge in [0.1, 0.15) is 0 Å². The first kappa shape index (κ1) is 64.5. The second-order valence-corrected chi connectivity index (χ2v) is 46.2. The molecular weight excluding hydrogens is 807 g/mol. The first-order chi connectivity index (χ1) is 21.5. The van der Waals surface area contributed by atoms with E-state index in [4.69, 9.17) is 0 Å². The summed E-state index contributed by atoms with van der Waals surface area (Å²) in [7, 11) is 0.0648. The third kappa shape index (κ3) is 27.0. The molecular formula is C48H108P4Pd+2. The number of hydrogen-bond acceptors (Lipinski definition) is 0. The molecule has 0 unspecified atom stereocenters. The minimum atomic E-state index is 0. The van der Waals surface area contributed by atoms with Crippen LogP contribution in [0.4, 0.5) is 0 Å². The van der Waals surface area contributed by atoms with E-state index in [-0.39, 0.29) is 52.1 Å². The van der Waals surface area contributed by atoms with Crippen molar-refractivity contribution < 1.29 is 20.4 Å². The monoisotopic (exact) mass is 915 g/mol. The summed E-state index contributed by atoms with van der Waals surface area (Å²) in [4.78, 5) is 0. The van der Waals surface area contributed by atoms with E-state index in [1.54, 1.807) is 0 Å². The predicted octanol–water partition coefficient (Wildman–Crippen LogP) is 19.5. The molecule has 0 aliphatic carbocycles. The molecule has 53 heavy (non-hydrogen) atoms. The van der Waals surface area contributed by atoms with Crippen molar-refractivity contribution in [3.63, 3.8) is 0 Å². The summed E-state index contributed by atoms with van der Waals surface area (Å²) in [6.07, 6.45) is 0. The van der Waals surface area contributed by atoms with Crippen molar-refractivity contribution >= 4 is 31.7 Å². The van der Waals surface area contributed by atoms with Crippen LogP contribution in [0.15, 0.2) is 0 Å². The summed E-state index contributed by atoms with van der Waals surface area (Å²) in [6.45, 7) is 85.8. The largest absolute Gasteiger partial charge is 2.00 e. The van der Waals surface area contributed by atoms with Gasteiger partial charge in [0.15, 0.2) is 0 Å². The van der Waals surface area contributed by atoms with Crippen LogP contribution in [0.2, 0.25) is 0 Å². The smallest absolute Gasteiger partial charge is 0.0901 e. The van der Waals surface area contributed by atoms with Gasteiger partial charge in [-0.2, -0.15) is 0 Å². The second-order valence-electron chi connectivity index (χ2n) is 27.4. The van der Waals surface area contributed by atoms with Crippen LogP contribution >= 0.6 is 31.7 Å². The van der Waals surface area contributed by atoms with Gasteiger partial charge >= 0.3 is 20.4 Å². The van der Waals surface area contributed by atoms with Crippen molar-refractivity contribution in [1.29, 1.82) is 0 Å². The van der Waals surface area contributed by atoms with Crippen molar-refractivity contribution in [3.8, 4) is 0 Å². The number of hydrogen-bond donors (Lipinski definition) is 0. The topological polar surface area (TPSA) is 0 Å². The molecule has 0 aliphatic rings. The molecule has 0 saturated heterocycles. The van der Waals surface area contributed by atoms with E-state index in [0.717, 1.165) is 0 Å². The van der Waals surface area contributed by atoms with E-state index < -0.39 is 0 Å². The molecule has 0 N–H and O–H groups in total. The average Bonchev–Trinajstić information content (AvgIpc) is 2.51. The maximum absolute atomic E-state index is 2.38. The van der Waals surface area contributed by atoms with Crippen LogP contribution in [0.1, 0.15) is 249 Å². The third-order valence-electron chi connectivity index (χ3n) is 8.05. The van der Waals surface area contributed by atoms with E-state index in [1.807, 2.05) is 0 Å². The summed E-state index contributed by atoms with van der Waals surface area (Å²) in [5.41, 5.74) is 0. The summed E-state index contributed by atoms with van der Waals surface area (Å²) in [5.74, 6) is 0. The van der Waals surface area contributed by atoms with E-state index >= 15 is 0 Å². The Morgan fingerprint density at radius 3 is 0.170 bits per heavy atom. The van der Waals surface area contributed by atoms with Gasteiger partial charge in [0, 0.05) is 0 Å². The van der Waals surface area contributed by atoms with Gasteiger partial charge in [-0.3, -0.25) is 0 Å². The molecule has 0 aromatic rings. The van der Waals surface area contributed by atoms with Crippen LogP contribution in [-0.2, 0) is 20.4 Å². The normalized spacial score (nSPS) is 14.9. The maximum atomic E-state index is 2.38. The zero-order valence-corrected chi connectivity index (χ0v) is 49.2. The van der Waals surface area contributed by atoms with Crippen molar-refractivity contribution in [2.24, 2.45) is 0 Å². The molecule has 0 fully saturated rings. The predicted molar refractivity (Wildman–Crippen MR) is 265 cm³/mol.